The van der Waals surface area contributed by atoms with Gasteiger partial charge in [0.25, 0.3) is 5.91 Å². The van der Waals surface area contributed by atoms with Crippen molar-refractivity contribution in [2.24, 2.45) is 0 Å². The zero-order valence-electron chi connectivity index (χ0n) is 16.9. The molecular weight excluding hydrogens is 384 g/mol. The molecule has 2 heterocycles. The Kier molecular flexibility index (Phi) is 5.83. The average molecular weight is 411 g/mol. The van der Waals surface area contributed by atoms with Crippen LogP contribution in [-0.4, -0.2) is 50.6 Å². The van der Waals surface area contributed by atoms with Crippen LogP contribution in [0.4, 0.5) is 0 Å². The minimum absolute atomic E-state index is 0.110. The third-order valence-electron chi connectivity index (χ3n) is 5.78. The van der Waals surface area contributed by atoms with Crippen LogP contribution in [0.15, 0.2) is 35.9 Å². The number of hydrogen-bond donors (Lipinski definition) is 1. The summed E-state index contributed by atoms with van der Waals surface area (Å²) in [6, 6.07) is 10.7. The molecular formula is C23H26N2O3S. The zero-order chi connectivity index (χ0) is 20.4. The molecule has 29 heavy (non-hydrogen) atoms. The largest absolute Gasteiger partial charge is 0.468 e. The number of likely N-dealkylation sites (tertiary alicyclic amines) is 1. The molecule has 1 aliphatic carbocycles. The van der Waals surface area contributed by atoms with Gasteiger partial charge in [0.1, 0.15) is 6.54 Å². The molecule has 0 bridgehead atoms. The summed E-state index contributed by atoms with van der Waals surface area (Å²) in [5.74, 6) is -0.658. The molecule has 0 atom stereocenters. The molecule has 0 radical (unpaired) electrons. The number of benzene rings is 1. The highest BCUT2D eigenvalue weighted by atomic mass is 32.1. The van der Waals surface area contributed by atoms with Gasteiger partial charge in [-0.15, -0.1) is 11.3 Å². The van der Waals surface area contributed by atoms with Gasteiger partial charge in [0.2, 0.25) is 0 Å². The van der Waals surface area contributed by atoms with E-state index in [0.29, 0.717) is 4.88 Å². The second kappa shape index (κ2) is 8.51. The van der Waals surface area contributed by atoms with E-state index in [1.54, 1.807) is 11.3 Å². The Morgan fingerprint density at radius 1 is 1.10 bits per heavy atom. The Bertz CT molecular complexity index is 966. The van der Waals surface area contributed by atoms with Crippen LogP contribution in [-0.2, 0) is 22.4 Å². The molecule has 2 aliphatic rings. The Morgan fingerprint density at radius 2 is 1.86 bits per heavy atom. The summed E-state index contributed by atoms with van der Waals surface area (Å²) in [7, 11) is 3.49. The highest BCUT2D eigenvalue weighted by Gasteiger charge is 2.26. The molecule has 0 unspecified atom stereocenters. The maximum atomic E-state index is 12.6. The molecule has 152 valence electrons. The summed E-state index contributed by atoms with van der Waals surface area (Å²) >= 11 is 1.55. The molecule has 1 aromatic carbocycles. The van der Waals surface area contributed by atoms with Crippen LogP contribution in [0.1, 0.15) is 44.1 Å². The van der Waals surface area contributed by atoms with E-state index in [4.69, 9.17) is 0 Å². The maximum absolute atomic E-state index is 12.6. The van der Waals surface area contributed by atoms with Crippen molar-refractivity contribution in [2.75, 3.05) is 33.8 Å². The number of rotatable bonds is 3. The number of carbonyl (C=O) groups excluding carboxylic acids is 2. The highest BCUT2D eigenvalue weighted by Crippen LogP contribution is 2.41. The predicted molar refractivity (Wildman–Crippen MR) is 115 cm³/mol. The van der Waals surface area contributed by atoms with Crippen molar-refractivity contribution in [1.29, 1.82) is 0 Å². The van der Waals surface area contributed by atoms with Crippen molar-refractivity contribution in [3.8, 4) is 0 Å². The number of nitrogens with one attached hydrogen (secondary N) is 1. The van der Waals surface area contributed by atoms with Gasteiger partial charge in [-0.2, -0.15) is 0 Å². The highest BCUT2D eigenvalue weighted by molar-refractivity contribution is 7.14. The van der Waals surface area contributed by atoms with E-state index in [0.717, 1.165) is 38.8 Å². The van der Waals surface area contributed by atoms with Gasteiger partial charge in [0.05, 0.1) is 12.0 Å². The summed E-state index contributed by atoms with van der Waals surface area (Å²) < 4.78 is 4.62. The van der Waals surface area contributed by atoms with Crippen LogP contribution in [0.5, 0.6) is 0 Å². The number of amides is 1. The first-order valence-electron chi connectivity index (χ1n) is 10.0. The van der Waals surface area contributed by atoms with Gasteiger partial charge in [-0.05, 0) is 61.1 Å². The normalized spacial score (nSPS) is 16.6. The fourth-order valence-corrected chi connectivity index (χ4v) is 5.23. The summed E-state index contributed by atoms with van der Waals surface area (Å²) in [4.78, 5) is 28.3. The fourth-order valence-electron chi connectivity index (χ4n) is 4.14. The Labute approximate surface area is 175 Å². The number of esters is 1. The second-order valence-corrected chi connectivity index (χ2v) is 8.78. The van der Waals surface area contributed by atoms with E-state index in [1.807, 2.05) is 6.07 Å². The van der Waals surface area contributed by atoms with E-state index in [2.05, 4.69) is 46.3 Å². The number of carbonyl (C=O) groups is 2. The molecule has 0 saturated carbocycles. The standard InChI is InChI=1S/C23H26N2O3S/c1-25-11-9-16(10-12-25)22-17-6-4-3-5-15(17)7-8-19-18(22)13-20(29-19)23(27)24-14-21(26)28-2/h3-6,13H,7-12,14H2,1-2H3,(H,24,27). The van der Waals surface area contributed by atoms with Gasteiger partial charge >= 0.3 is 5.97 Å². The maximum Gasteiger partial charge on any atom is 0.325 e. The molecule has 4 rings (SSSR count). The molecule has 1 saturated heterocycles. The second-order valence-electron chi connectivity index (χ2n) is 7.65. The summed E-state index contributed by atoms with van der Waals surface area (Å²) in [5.41, 5.74) is 6.70. The Balaban J connectivity index is 1.74. The quantitative estimate of drug-likeness (QED) is 0.789. The number of aryl methyl sites for hydroxylation is 2. The lowest BCUT2D eigenvalue weighted by atomic mass is 9.87. The van der Waals surface area contributed by atoms with E-state index >= 15 is 0 Å². The number of piperidine rings is 1. The fraction of sp³-hybridized carbons (Fsp3) is 0.391. The van der Waals surface area contributed by atoms with Gasteiger partial charge in [-0.1, -0.05) is 29.8 Å². The molecule has 5 nitrogen and oxygen atoms in total. The van der Waals surface area contributed by atoms with Crippen molar-refractivity contribution in [1.82, 2.24) is 10.2 Å². The SMILES string of the molecule is COC(=O)CNC(=O)c1cc2c(s1)CCc1ccccc1C2=C1CCN(C)CC1. The molecule has 1 aliphatic heterocycles. The van der Waals surface area contributed by atoms with Crippen LogP contribution in [0, 0.1) is 0 Å². The van der Waals surface area contributed by atoms with Crippen molar-refractivity contribution >= 4 is 28.8 Å². The van der Waals surface area contributed by atoms with Crippen LogP contribution in [0.3, 0.4) is 0 Å². The summed E-state index contributed by atoms with van der Waals surface area (Å²) in [5, 5.41) is 2.67. The van der Waals surface area contributed by atoms with Gasteiger partial charge in [-0.3, -0.25) is 9.59 Å². The van der Waals surface area contributed by atoms with Crippen LogP contribution >= 0.6 is 11.3 Å². The van der Waals surface area contributed by atoms with Crippen molar-refractivity contribution in [3.05, 3.63) is 62.3 Å². The van der Waals surface area contributed by atoms with Crippen LogP contribution in [0.25, 0.3) is 5.57 Å². The minimum atomic E-state index is -0.445. The minimum Gasteiger partial charge on any atom is -0.468 e. The van der Waals surface area contributed by atoms with E-state index in [1.165, 1.54) is 39.8 Å². The third kappa shape index (κ3) is 4.14. The van der Waals surface area contributed by atoms with Gasteiger partial charge < -0.3 is 15.0 Å². The topological polar surface area (TPSA) is 58.6 Å². The van der Waals surface area contributed by atoms with Crippen molar-refractivity contribution < 1.29 is 14.3 Å². The predicted octanol–water partition coefficient (Wildman–Crippen LogP) is 3.28. The third-order valence-corrected chi connectivity index (χ3v) is 6.97. The lowest BCUT2D eigenvalue weighted by Crippen LogP contribution is -2.29. The molecule has 0 spiro atoms. The number of fused-ring (bicyclic) bond motifs is 2. The number of methoxy groups -OCH3 is 1. The lowest BCUT2D eigenvalue weighted by Gasteiger charge is -2.27. The number of ether oxygens (including phenoxy) is 1. The number of nitrogens with zero attached hydrogens (tertiary/aromatic N) is 1. The lowest BCUT2D eigenvalue weighted by molar-refractivity contribution is -0.139. The molecule has 1 amide bonds. The van der Waals surface area contributed by atoms with Gasteiger partial charge in [0.15, 0.2) is 0 Å². The summed E-state index contributed by atoms with van der Waals surface area (Å²) in [6.45, 7) is 2.01. The summed E-state index contributed by atoms with van der Waals surface area (Å²) in [6.07, 6.45) is 4.01. The van der Waals surface area contributed by atoms with Crippen LogP contribution in [0.2, 0.25) is 0 Å². The molecule has 2 aromatic rings. The van der Waals surface area contributed by atoms with E-state index < -0.39 is 5.97 Å². The average Bonchev–Trinajstić information content (AvgIpc) is 3.10. The number of hydrogen-bond acceptors (Lipinski definition) is 5. The van der Waals surface area contributed by atoms with Crippen molar-refractivity contribution in [3.63, 3.8) is 0 Å². The van der Waals surface area contributed by atoms with E-state index in [-0.39, 0.29) is 12.5 Å². The first-order valence-corrected chi connectivity index (χ1v) is 10.9. The monoisotopic (exact) mass is 410 g/mol. The smallest absolute Gasteiger partial charge is 0.325 e. The first-order chi connectivity index (χ1) is 14.1. The van der Waals surface area contributed by atoms with Gasteiger partial charge in [0, 0.05) is 18.0 Å². The van der Waals surface area contributed by atoms with E-state index in [9.17, 15) is 9.59 Å². The zero-order valence-corrected chi connectivity index (χ0v) is 17.7. The van der Waals surface area contributed by atoms with Crippen LogP contribution < -0.4 is 5.32 Å². The number of thiophene rings is 1. The molecule has 1 fully saturated rings. The Morgan fingerprint density at radius 3 is 2.62 bits per heavy atom. The van der Waals surface area contributed by atoms with Gasteiger partial charge in [-0.25, -0.2) is 0 Å². The van der Waals surface area contributed by atoms with Crippen molar-refractivity contribution in [2.45, 2.75) is 25.7 Å². The first kappa shape index (κ1) is 19.9. The molecule has 1 N–H and O–H groups in total. The molecule has 6 heteroatoms. The molecule has 1 aromatic heterocycles. The Hall–Kier alpha value is -2.44.